The molecule has 0 aromatic heterocycles. The number of hydrogen-bond acceptors (Lipinski definition) is 1. The van der Waals surface area contributed by atoms with E-state index >= 15 is 0 Å². The molecule has 0 radical (unpaired) electrons. The maximum Gasteiger partial charge on any atom is 0.0540 e. The van der Waals surface area contributed by atoms with Crippen LogP contribution in [-0.2, 0) is 10.8 Å². The van der Waals surface area contributed by atoms with Gasteiger partial charge in [-0.15, -0.1) is 0 Å². The van der Waals surface area contributed by atoms with Crippen LogP contribution in [0.25, 0.3) is 33.4 Å². The van der Waals surface area contributed by atoms with Crippen LogP contribution >= 0.6 is 0 Å². The summed E-state index contributed by atoms with van der Waals surface area (Å²) < 4.78 is 0. The molecule has 1 nitrogen and oxygen atoms in total. The van der Waals surface area contributed by atoms with Gasteiger partial charge in [0.25, 0.3) is 0 Å². The van der Waals surface area contributed by atoms with Crippen molar-refractivity contribution in [2.45, 2.75) is 81.5 Å². The highest BCUT2D eigenvalue weighted by Gasteiger charge is 2.59. The van der Waals surface area contributed by atoms with Gasteiger partial charge in [0.15, 0.2) is 0 Å². The fourth-order valence-corrected chi connectivity index (χ4v) is 13.7. The lowest BCUT2D eigenvalue weighted by atomic mass is 9.51. The van der Waals surface area contributed by atoms with Gasteiger partial charge in [-0.3, -0.25) is 0 Å². The van der Waals surface area contributed by atoms with Crippen molar-refractivity contribution >= 4 is 17.1 Å². The number of anilines is 3. The van der Waals surface area contributed by atoms with E-state index < -0.39 is 0 Å². The Bertz CT molecular complexity index is 2420. The van der Waals surface area contributed by atoms with Crippen molar-refractivity contribution in [3.05, 3.63) is 162 Å². The number of rotatable bonds is 4. The largest absolute Gasteiger partial charge is 0.310 e. The van der Waals surface area contributed by atoms with E-state index in [1.165, 1.54) is 121 Å². The highest BCUT2D eigenvalue weighted by molar-refractivity contribution is 5.92. The molecule has 1 heteroatoms. The van der Waals surface area contributed by atoms with Gasteiger partial charge < -0.3 is 4.90 Å². The first-order chi connectivity index (χ1) is 26.7. The molecular formula is C53H49N. The molecule has 0 aliphatic heterocycles. The first-order valence-corrected chi connectivity index (χ1v) is 21.2. The summed E-state index contributed by atoms with van der Waals surface area (Å²) in [6.45, 7) is 0. The lowest BCUT2D eigenvalue weighted by Gasteiger charge is -2.53. The number of fused-ring (bicyclic) bond motifs is 9. The average molecular weight is 700 g/mol. The molecule has 6 aromatic carbocycles. The lowest BCUT2D eigenvalue weighted by Crippen LogP contribution is -2.48. The second-order valence-corrected chi connectivity index (χ2v) is 17.9. The second-order valence-electron chi connectivity index (χ2n) is 17.9. The summed E-state index contributed by atoms with van der Waals surface area (Å²) in [6.07, 6.45) is 14.9. The molecule has 6 aromatic rings. The van der Waals surface area contributed by atoms with Crippen molar-refractivity contribution in [3.8, 4) is 33.4 Å². The van der Waals surface area contributed by atoms with E-state index in [4.69, 9.17) is 0 Å². The monoisotopic (exact) mass is 699 g/mol. The molecule has 266 valence electrons. The first kappa shape index (κ1) is 31.5. The van der Waals surface area contributed by atoms with E-state index in [-0.39, 0.29) is 10.8 Å². The molecule has 0 amide bonds. The molecule has 5 unspecified atom stereocenters. The van der Waals surface area contributed by atoms with Gasteiger partial charge in [-0.25, -0.2) is 0 Å². The van der Waals surface area contributed by atoms with Crippen molar-refractivity contribution in [1.29, 1.82) is 0 Å². The van der Waals surface area contributed by atoms with E-state index in [0.717, 1.165) is 23.7 Å². The topological polar surface area (TPSA) is 3.24 Å². The smallest absolute Gasteiger partial charge is 0.0540 e. The summed E-state index contributed by atoms with van der Waals surface area (Å²) in [5, 5.41) is 0. The number of para-hydroxylation sites is 1. The standard InChI is InChI=1S/C53H49N/c1-3-13-37(14-4-1)42-15-7-10-20-51(42)54(40-23-25-45-43-16-5-8-18-47(43)52(49(45)33-40)27-11-2-12-28-52)41-24-26-46-44-17-6-9-19-48(44)53(50(46)34-41)38-22-21-35-29-36(31-38)32-39(53)30-35/h1,3-10,13-20,23-26,33-36,38-39H,2,11-12,21-22,27-32H2. The molecule has 2 spiro atoms. The number of hydrogen-bond donors (Lipinski definition) is 0. The minimum Gasteiger partial charge on any atom is -0.310 e. The normalized spacial score (nSPS) is 26.3. The van der Waals surface area contributed by atoms with Gasteiger partial charge in [-0.05, 0) is 149 Å². The quantitative estimate of drug-likeness (QED) is 0.177. The van der Waals surface area contributed by atoms with E-state index in [1.54, 1.807) is 22.3 Å². The van der Waals surface area contributed by atoms with Crippen LogP contribution in [0.3, 0.4) is 0 Å². The molecule has 5 fully saturated rings. The summed E-state index contributed by atoms with van der Waals surface area (Å²) in [5.41, 5.74) is 18.8. The fourth-order valence-electron chi connectivity index (χ4n) is 13.7. The molecule has 4 bridgehead atoms. The van der Waals surface area contributed by atoms with E-state index in [0.29, 0.717) is 0 Å². The van der Waals surface area contributed by atoms with E-state index in [9.17, 15) is 0 Å². The minimum atomic E-state index is 0.104. The zero-order chi connectivity index (χ0) is 35.4. The molecular weight excluding hydrogens is 651 g/mol. The summed E-state index contributed by atoms with van der Waals surface area (Å²) in [7, 11) is 0. The maximum absolute atomic E-state index is 2.69. The zero-order valence-corrected chi connectivity index (χ0v) is 31.3. The Kier molecular flexibility index (Phi) is 6.88. The van der Waals surface area contributed by atoms with Crippen LogP contribution in [0.15, 0.2) is 140 Å². The third-order valence-corrected chi connectivity index (χ3v) is 15.5. The van der Waals surface area contributed by atoms with Crippen molar-refractivity contribution in [3.63, 3.8) is 0 Å². The Morgan fingerprint density at radius 1 is 0.426 bits per heavy atom. The summed E-state index contributed by atoms with van der Waals surface area (Å²) in [5.74, 6) is 3.29. The van der Waals surface area contributed by atoms with Gasteiger partial charge in [0.05, 0.1) is 5.69 Å². The van der Waals surface area contributed by atoms with E-state index in [2.05, 4.69) is 144 Å². The van der Waals surface area contributed by atoms with Gasteiger partial charge in [-0.1, -0.05) is 135 Å². The lowest BCUT2D eigenvalue weighted by molar-refractivity contribution is 0.0618. The van der Waals surface area contributed by atoms with Crippen LogP contribution < -0.4 is 4.90 Å². The van der Waals surface area contributed by atoms with E-state index in [1.807, 2.05) is 0 Å². The summed E-state index contributed by atoms with van der Waals surface area (Å²) >= 11 is 0. The SMILES string of the molecule is c1ccc(-c2ccccc2N(c2ccc3c(c2)C2(CCCCC2)c2ccccc2-3)c2ccc3c(c2)C2(c4ccccc4-3)C3CCC4CC(C3)CC2C4)cc1. The minimum absolute atomic E-state index is 0.104. The van der Waals surface area contributed by atoms with Crippen molar-refractivity contribution in [2.24, 2.45) is 23.7 Å². The molecule has 0 saturated heterocycles. The molecule has 54 heavy (non-hydrogen) atoms. The van der Waals surface area contributed by atoms with Crippen LogP contribution in [0.4, 0.5) is 17.1 Å². The van der Waals surface area contributed by atoms with Gasteiger partial charge in [0, 0.05) is 27.8 Å². The molecule has 0 heterocycles. The second kappa shape index (κ2) is 11.8. The number of benzene rings is 6. The highest BCUT2D eigenvalue weighted by Crippen LogP contribution is 2.68. The average Bonchev–Trinajstić information content (AvgIpc) is 3.55. The summed E-state index contributed by atoms with van der Waals surface area (Å²) in [6, 6.07) is 54.3. The Hall–Kier alpha value is -4.88. The third-order valence-electron chi connectivity index (χ3n) is 15.5. The molecule has 7 aliphatic rings. The van der Waals surface area contributed by atoms with Crippen LogP contribution in [0.1, 0.15) is 92.9 Å². The fraction of sp³-hybridized carbons (Fsp3) is 0.321. The van der Waals surface area contributed by atoms with Crippen LogP contribution in [0, 0.1) is 23.7 Å². The van der Waals surface area contributed by atoms with Crippen LogP contribution in [-0.4, -0.2) is 0 Å². The Morgan fingerprint density at radius 2 is 1.02 bits per heavy atom. The Labute approximate surface area is 321 Å². The van der Waals surface area contributed by atoms with Crippen molar-refractivity contribution < 1.29 is 0 Å². The molecule has 0 N–H and O–H groups in total. The predicted octanol–water partition coefficient (Wildman–Crippen LogP) is 14.2. The molecule has 7 aliphatic carbocycles. The molecule has 5 saturated carbocycles. The van der Waals surface area contributed by atoms with Gasteiger partial charge >= 0.3 is 0 Å². The third kappa shape index (κ3) is 4.27. The highest BCUT2D eigenvalue weighted by atomic mass is 15.1. The van der Waals surface area contributed by atoms with Crippen LogP contribution in [0.2, 0.25) is 0 Å². The summed E-state index contributed by atoms with van der Waals surface area (Å²) in [4.78, 5) is 2.64. The Morgan fingerprint density at radius 3 is 1.81 bits per heavy atom. The van der Waals surface area contributed by atoms with Crippen molar-refractivity contribution in [1.82, 2.24) is 0 Å². The first-order valence-electron chi connectivity index (χ1n) is 21.2. The number of nitrogens with zero attached hydrogens (tertiary/aromatic N) is 1. The zero-order valence-electron chi connectivity index (χ0n) is 31.3. The molecule has 5 atom stereocenters. The Balaban J connectivity index is 1.10. The maximum atomic E-state index is 2.69. The predicted molar refractivity (Wildman–Crippen MR) is 224 cm³/mol. The van der Waals surface area contributed by atoms with Crippen LogP contribution in [0.5, 0.6) is 0 Å². The molecule has 13 rings (SSSR count). The van der Waals surface area contributed by atoms with Crippen molar-refractivity contribution in [2.75, 3.05) is 4.90 Å². The van der Waals surface area contributed by atoms with Gasteiger partial charge in [-0.2, -0.15) is 0 Å². The van der Waals surface area contributed by atoms with Gasteiger partial charge in [0.2, 0.25) is 0 Å². The van der Waals surface area contributed by atoms with Gasteiger partial charge in [0.1, 0.15) is 0 Å².